The first-order valence-corrected chi connectivity index (χ1v) is 12.6. The molecule has 0 amide bonds. The molecule has 1 aromatic rings. The SMILES string of the molecule is CCCCS(=O)(=O)N[C@H](C=O)Cc1ccc(OCCCCC2CCNCC2)cc1. The van der Waals surface area contributed by atoms with Crippen LogP contribution >= 0.6 is 0 Å². The molecule has 0 saturated carbocycles. The van der Waals surface area contributed by atoms with E-state index in [1.54, 1.807) is 0 Å². The van der Waals surface area contributed by atoms with Crippen molar-refractivity contribution in [3.05, 3.63) is 29.8 Å². The molecule has 1 aliphatic rings. The summed E-state index contributed by atoms with van der Waals surface area (Å²) >= 11 is 0. The molecule has 6 nitrogen and oxygen atoms in total. The van der Waals surface area contributed by atoms with Crippen molar-refractivity contribution in [2.75, 3.05) is 25.4 Å². The van der Waals surface area contributed by atoms with Gasteiger partial charge in [0.2, 0.25) is 10.0 Å². The molecule has 29 heavy (non-hydrogen) atoms. The average Bonchev–Trinajstić information content (AvgIpc) is 2.73. The van der Waals surface area contributed by atoms with E-state index in [-0.39, 0.29) is 5.75 Å². The number of piperidine rings is 1. The summed E-state index contributed by atoms with van der Waals surface area (Å²) in [5.41, 5.74) is 0.901. The van der Waals surface area contributed by atoms with Crippen LogP contribution in [0, 0.1) is 5.92 Å². The number of sulfonamides is 1. The summed E-state index contributed by atoms with van der Waals surface area (Å²) in [6, 6.07) is 6.81. The molecule has 1 atom stereocenters. The molecule has 7 heteroatoms. The Hall–Kier alpha value is -1.44. The van der Waals surface area contributed by atoms with Gasteiger partial charge in [0.05, 0.1) is 18.4 Å². The van der Waals surface area contributed by atoms with Gasteiger partial charge < -0.3 is 14.8 Å². The number of unbranched alkanes of at least 4 members (excludes halogenated alkanes) is 2. The molecular weight excluding hydrogens is 388 g/mol. The van der Waals surface area contributed by atoms with Gasteiger partial charge in [0.15, 0.2) is 0 Å². The van der Waals surface area contributed by atoms with E-state index in [1.165, 1.54) is 25.7 Å². The Labute approximate surface area is 175 Å². The highest BCUT2D eigenvalue weighted by molar-refractivity contribution is 7.89. The van der Waals surface area contributed by atoms with E-state index in [9.17, 15) is 13.2 Å². The summed E-state index contributed by atoms with van der Waals surface area (Å²) in [6.07, 6.45) is 8.50. The molecule has 1 aromatic carbocycles. The predicted molar refractivity (Wildman–Crippen MR) is 117 cm³/mol. The molecule has 1 fully saturated rings. The van der Waals surface area contributed by atoms with Crippen LogP contribution in [0.5, 0.6) is 5.75 Å². The van der Waals surface area contributed by atoms with Gasteiger partial charge in [-0.3, -0.25) is 0 Å². The molecule has 0 bridgehead atoms. The smallest absolute Gasteiger partial charge is 0.212 e. The number of rotatable bonds is 14. The summed E-state index contributed by atoms with van der Waals surface area (Å²) in [7, 11) is -3.42. The number of nitrogens with one attached hydrogen (secondary N) is 2. The molecule has 2 rings (SSSR count). The van der Waals surface area contributed by atoms with Gasteiger partial charge in [-0.25, -0.2) is 13.1 Å². The maximum Gasteiger partial charge on any atom is 0.212 e. The fraction of sp³-hybridized carbons (Fsp3) is 0.682. The largest absolute Gasteiger partial charge is 0.494 e. The van der Waals surface area contributed by atoms with Crippen molar-refractivity contribution in [2.24, 2.45) is 5.92 Å². The van der Waals surface area contributed by atoms with Gasteiger partial charge in [-0.1, -0.05) is 31.9 Å². The van der Waals surface area contributed by atoms with Crippen LogP contribution in [-0.2, 0) is 21.2 Å². The number of hydrogen-bond donors (Lipinski definition) is 2. The van der Waals surface area contributed by atoms with Crippen LogP contribution in [0.3, 0.4) is 0 Å². The quantitative estimate of drug-likeness (QED) is 0.354. The monoisotopic (exact) mass is 424 g/mol. The Morgan fingerprint density at radius 2 is 1.90 bits per heavy atom. The van der Waals surface area contributed by atoms with Crippen LogP contribution in [0.1, 0.15) is 57.4 Å². The number of aldehydes is 1. The Bertz CT molecular complexity index is 685. The van der Waals surface area contributed by atoms with Crippen molar-refractivity contribution in [1.82, 2.24) is 10.0 Å². The van der Waals surface area contributed by atoms with E-state index in [1.807, 2.05) is 31.2 Å². The molecule has 164 valence electrons. The van der Waals surface area contributed by atoms with Gasteiger partial charge in [-0.05, 0) is 75.2 Å². The molecule has 0 aromatic heterocycles. The van der Waals surface area contributed by atoms with E-state index >= 15 is 0 Å². The zero-order chi connectivity index (χ0) is 21.0. The van der Waals surface area contributed by atoms with Crippen LogP contribution in [0.2, 0.25) is 0 Å². The van der Waals surface area contributed by atoms with E-state index in [0.29, 0.717) is 25.7 Å². The average molecular weight is 425 g/mol. The predicted octanol–water partition coefficient (Wildman–Crippen LogP) is 3.06. The maximum atomic E-state index is 12.0. The lowest BCUT2D eigenvalue weighted by Crippen LogP contribution is -2.38. The van der Waals surface area contributed by atoms with Gasteiger partial charge >= 0.3 is 0 Å². The first-order valence-electron chi connectivity index (χ1n) is 10.9. The molecule has 1 aliphatic heterocycles. The summed E-state index contributed by atoms with van der Waals surface area (Å²) in [5.74, 6) is 1.72. The molecule has 2 N–H and O–H groups in total. The molecule has 1 heterocycles. The van der Waals surface area contributed by atoms with Gasteiger partial charge in [0.25, 0.3) is 0 Å². The van der Waals surface area contributed by atoms with E-state index < -0.39 is 16.1 Å². The lowest BCUT2D eigenvalue weighted by molar-refractivity contribution is -0.109. The molecule has 1 saturated heterocycles. The highest BCUT2D eigenvalue weighted by Gasteiger charge is 2.17. The van der Waals surface area contributed by atoms with Crippen LogP contribution in [0.4, 0.5) is 0 Å². The molecule has 0 spiro atoms. The number of ether oxygens (including phenoxy) is 1. The Morgan fingerprint density at radius 1 is 1.17 bits per heavy atom. The maximum absolute atomic E-state index is 12.0. The lowest BCUT2D eigenvalue weighted by Gasteiger charge is -2.22. The van der Waals surface area contributed by atoms with Crippen molar-refractivity contribution < 1.29 is 17.9 Å². The second-order valence-corrected chi connectivity index (χ2v) is 9.79. The molecule has 0 unspecified atom stereocenters. The standard InChI is InChI=1S/C22H36N2O4S/c1-2-3-16-29(26,27)24-21(18-25)17-20-7-9-22(10-8-20)28-15-5-4-6-19-11-13-23-14-12-19/h7-10,18-19,21,23-24H,2-6,11-17H2,1H3/t21-/m0/s1. The zero-order valence-electron chi connectivity index (χ0n) is 17.6. The highest BCUT2D eigenvalue weighted by atomic mass is 32.2. The summed E-state index contributed by atoms with van der Waals surface area (Å²) in [4.78, 5) is 11.3. The van der Waals surface area contributed by atoms with Crippen LogP contribution in [0.25, 0.3) is 0 Å². The zero-order valence-corrected chi connectivity index (χ0v) is 18.4. The number of hydrogen-bond acceptors (Lipinski definition) is 5. The Kier molecular flexibility index (Phi) is 10.7. The van der Waals surface area contributed by atoms with E-state index in [0.717, 1.165) is 43.2 Å². The minimum atomic E-state index is -3.42. The molecule has 0 aliphatic carbocycles. The lowest BCUT2D eigenvalue weighted by atomic mass is 9.93. The molecule has 0 radical (unpaired) electrons. The minimum absolute atomic E-state index is 0.0538. The second kappa shape index (κ2) is 13.0. The highest BCUT2D eigenvalue weighted by Crippen LogP contribution is 2.19. The topological polar surface area (TPSA) is 84.5 Å². The van der Waals surface area contributed by atoms with Crippen LogP contribution in [-0.4, -0.2) is 46.2 Å². The number of carbonyl (C=O) groups is 1. The normalized spacial score (nSPS) is 16.4. The third kappa shape index (κ3) is 9.74. The van der Waals surface area contributed by atoms with Gasteiger partial charge in [-0.15, -0.1) is 0 Å². The van der Waals surface area contributed by atoms with Gasteiger partial charge in [0.1, 0.15) is 12.0 Å². The summed E-state index contributed by atoms with van der Waals surface area (Å²) in [5, 5.41) is 3.40. The van der Waals surface area contributed by atoms with Crippen molar-refractivity contribution in [2.45, 2.75) is 64.3 Å². The summed E-state index contributed by atoms with van der Waals surface area (Å²) < 4.78 is 32.3. The number of carbonyl (C=O) groups excluding carboxylic acids is 1. The minimum Gasteiger partial charge on any atom is -0.494 e. The van der Waals surface area contributed by atoms with Gasteiger partial charge in [0, 0.05) is 0 Å². The summed E-state index contributed by atoms with van der Waals surface area (Å²) in [6.45, 7) is 4.95. The van der Waals surface area contributed by atoms with Crippen molar-refractivity contribution in [1.29, 1.82) is 0 Å². The fourth-order valence-corrected chi connectivity index (χ4v) is 5.00. The Balaban J connectivity index is 1.69. The van der Waals surface area contributed by atoms with Crippen molar-refractivity contribution in [3.8, 4) is 5.75 Å². The first-order chi connectivity index (χ1) is 14.0. The van der Waals surface area contributed by atoms with Crippen molar-refractivity contribution in [3.63, 3.8) is 0 Å². The Morgan fingerprint density at radius 3 is 2.55 bits per heavy atom. The third-order valence-corrected chi connectivity index (χ3v) is 6.86. The fourth-order valence-electron chi connectivity index (χ4n) is 3.61. The van der Waals surface area contributed by atoms with Gasteiger partial charge in [-0.2, -0.15) is 0 Å². The number of benzene rings is 1. The molecular formula is C22H36N2O4S. The van der Waals surface area contributed by atoms with Crippen molar-refractivity contribution >= 4 is 16.3 Å². The van der Waals surface area contributed by atoms with E-state index in [2.05, 4.69) is 10.0 Å². The second-order valence-electron chi connectivity index (χ2n) is 7.92. The first kappa shape index (κ1) is 23.8. The van der Waals surface area contributed by atoms with Crippen LogP contribution in [0.15, 0.2) is 24.3 Å². The third-order valence-electron chi connectivity index (χ3n) is 5.37. The van der Waals surface area contributed by atoms with Crippen LogP contribution < -0.4 is 14.8 Å². The van der Waals surface area contributed by atoms with E-state index in [4.69, 9.17) is 4.74 Å².